The predicted molar refractivity (Wildman–Crippen MR) is 56.6 cm³/mol. The maximum absolute atomic E-state index is 11.1. The monoisotopic (exact) mass is 199 g/mol. The summed E-state index contributed by atoms with van der Waals surface area (Å²) >= 11 is 0. The molecule has 1 amide bonds. The summed E-state index contributed by atoms with van der Waals surface area (Å²) < 4.78 is 0. The number of primary amides is 1. The lowest BCUT2D eigenvalue weighted by Crippen LogP contribution is -2.54. The molecule has 0 bridgehead atoms. The molecule has 1 rings (SSSR count). The summed E-state index contributed by atoms with van der Waals surface area (Å²) in [5.74, 6) is 0.456. The zero-order valence-corrected chi connectivity index (χ0v) is 9.07. The maximum Gasteiger partial charge on any atom is 0.234 e. The van der Waals surface area contributed by atoms with E-state index in [9.17, 15) is 4.79 Å². The Balaban J connectivity index is 2.62. The van der Waals surface area contributed by atoms with Crippen molar-refractivity contribution in [1.29, 1.82) is 0 Å². The summed E-state index contributed by atoms with van der Waals surface area (Å²) in [7, 11) is 0. The van der Waals surface area contributed by atoms with Gasteiger partial charge in [-0.25, -0.2) is 0 Å². The zero-order chi connectivity index (χ0) is 10.7. The van der Waals surface area contributed by atoms with Gasteiger partial charge in [-0.05, 0) is 32.2 Å². The molecule has 1 aliphatic heterocycles. The van der Waals surface area contributed by atoms with Crippen LogP contribution >= 0.6 is 0 Å². The van der Waals surface area contributed by atoms with Crippen molar-refractivity contribution >= 4 is 5.91 Å². The second-order valence-corrected chi connectivity index (χ2v) is 4.34. The van der Waals surface area contributed by atoms with Crippen molar-refractivity contribution in [3.05, 3.63) is 0 Å². The number of carbonyl (C=O) groups excluding carboxylic acids is 1. The Kier molecular flexibility index (Phi) is 3.89. The molecule has 82 valence electrons. The molecule has 3 atom stereocenters. The molecule has 0 aromatic carbocycles. The number of rotatable bonds is 3. The van der Waals surface area contributed by atoms with E-state index in [0.29, 0.717) is 18.5 Å². The predicted octanol–water partition coefficient (Wildman–Crippen LogP) is -0.0806. The number of nitrogens with zero attached hydrogens (tertiary/aromatic N) is 1. The van der Waals surface area contributed by atoms with Crippen LogP contribution in [0.3, 0.4) is 0 Å². The molecule has 1 heterocycles. The molecule has 14 heavy (non-hydrogen) atoms. The standard InChI is InChI=1S/C10H21N3O/c1-7-3-4-13(8(2)10(12)14)9(5-7)6-11/h7-9H,3-6,11H2,1-2H3,(H2,12,14). The molecule has 1 fully saturated rings. The highest BCUT2D eigenvalue weighted by Crippen LogP contribution is 2.23. The molecule has 0 aliphatic carbocycles. The molecular weight excluding hydrogens is 178 g/mol. The lowest BCUT2D eigenvalue weighted by atomic mass is 9.91. The van der Waals surface area contributed by atoms with Crippen LogP contribution in [0.4, 0.5) is 0 Å². The Bertz CT molecular complexity index is 208. The minimum atomic E-state index is -0.252. The van der Waals surface area contributed by atoms with Crippen molar-refractivity contribution in [2.24, 2.45) is 17.4 Å². The highest BCUT2D eigenvalue weighted by Gasteiger charge is 2.30. The Morgan fingerprint density at radius 3 is 2.79 bits per heavy atom. The first-order valence-corrected chi connectivity index (χ1v) is 5.31. The first kappa shape index (κ1) is 11.5. The summed E-state index contributed by atoms with van der Waals surface area (Å²) in [5.41, 5.74) is 11.0. The zero-order valence-electron chi connectivity index (χ0n) is 9.07. The Morgan fingerprint density at radius 2 is 2.29 bits per heavy atom. The van der Waals surface area contributed by atoms with Gasteiger partial charge in [0.05, 0.1) is 6.04 Å². The summed E-state index contributed by atoms with van der Waals surface area (Å²) in [4.78, 5) is 13.2. The van der Waals surface area contributed by atoms with Crippen LogP contribution in [-0.2, 0) is 4.79 Å². The van der Waals surface area contributed by atoms with Crippen molar-refractivity contribution in [2.75, 3.05) is 13.1 Å². The van der Waals surface area contributed by atoms with E-state index < -0.39 is 0 Å². The number of nitrogens with two attached hydrogens (primary N) is 2. The fourth-order valence-electron chi connectivity index (χ4n) is 2.17. The van der Waals surface area contributed by atoms with Crippen molar-refractivity contribution in [3.63, 3.8) is 0 Å². The number of likely N-dealkylation sites (tertiary alicyclic amines) is 1. The Morgan fingerprint density at radius 1 is 1.64 bits per heavy atom. The van der Waals surface area contributed by atoms with Crippen molar-refractivity contribution in [1.82, 2.24) is 4.90 Å². The van der Waals surface area contributed by atoms with Crippen LogP contribution in [0.2, 0.25) is 0 Å². The van der Waals surface area contributed by atoms with E-state index in [1.165, 1.54) is 0 Å². The lowest BCUT2D eigenvalue weighted by molar-refractivity contribution is -0.124. The molecule has 1 saturated heterocycles. The third kappa shape index (κ3) is 2.45. The van der Waals surface area contributed by atoms with E-state index in [-0.39, 0.29) is 11.9 Å². The molecule has 1 aliphatic rings. The van der Waals surface area contributed by atoms with Gasteiger partial charge in [-0.2, -0.15) is 0 Å². The number of piperidine rings is 1. The fraction of sp³-hybridized carbons (Fsp3) is 0.900. The molecule has 0 aromatic heterocycles. The van der Waals surface area contributed by atoms with Gasteiger partial charge in [-0.15, -0.1) is 0 Å². The average molecular weight is 199 g/mol. The van der Waals surface area contributed by atoms with Gasteiger partial charge in [0.1, 0.15) is 0 Å². The van der Waals surface area contributed by atoms with Crippen molar-refractivity contribution < 1.29 is 4.79 Å². The van der Waals surface area contributed by atoms with Crippen LogP contribution in [0.25, 0.3) is 0 Å². The van der Waals surface area contributed by atoms with Gasteiger partial charge in [0.2, 0.25) is 5.91 Å². The molecule has 3 unspecified atom stereocenters. The maximum atomic E-state index is 11.1. The van der Waals surface area contributed by atoms with Crippen LogP contribution in [-0.4, -0.2) is 36.0 Å². The minimum absolute atomic E-state index is 0.184. The molecule has 0 spiro atoms. The average Bonchev–Trinajstić information content (AvgIpc) is 2.16. The highest BCUT2D eigenvalue weighted by atomic mass is 16.1. The fourth-order valence-corrected chi connectivity index (χ4v) is 2.17. The van der Waals surface area contributed by atoms with Gasteiger partial charge in [-0.3, -0.25) is 9.69 Å². The molecule has 0 aromatic rings. The second-order valence-electron chi connectivity index (χ2n) is 4.34. The number of hydrogen-bond acceptors (Lipinski definition) is 3. The molecule has 0 radical (unpaired) electrons. The van der Waals surface area contributed by atoms with Crippen LogP contribution in [0.5, 0.6) is 0 Å². The summed E-state index contributed by atoms with van der Waals surface area (Å²) in [6.45, 7) is 5.64. The number of carbonyl (C=O) groups is 1. The SMILES string of the molecule is CC1CCN(C(C)C(N)=O)C(CN)C1. The van der Waals surface area contributed by atoms with Gasteiger partial charge in [0.15, 0.2) is 0 Å². The molecule has 4 nitrogen and oxygen atoms in total. The first-order valence-electron chi connectivity index (χ1n) is 5.31. The number of amides is 1. The van der Waals surface area contributed by atoms with Gasteiger partial charge in [0, 0.05) is 12.6 Å². The highest BCUT2D eigenvalue weighted by molar-refractivity contribution is 5.79. The van der Waals surface area contributed by atoms with E-state index in [1.807, 2.05) is 6.92 Å². The Hall–Kier alpha value is -0.610. The van der Waals surface area contributed by atoms with Crippen molar-refractivity contribution in [3.8, 4) is 0 Å². The van der Waals surface area contributed by atoms with E-state index in [4.69, 9.17) is 11.5 Å². The van der Waals surface area contributed by atoms with Gasteiger partial charge < -0.3 is 11.5 Å². The largest absolute Gasteiger partial charge is 0.368 e. The topological polar surface area (TPSA) is 72.3 Å². The normalized spacial score (nSPS) is 31.4. The summed E-state index contributed by atoms with van der Waals surface area (Å²) in [6.07, 6.45) is 2.21. The number of hydrogen-bond donors (Lipinski definition) is 2. The van der Waals surface area contributed by atoms with Crippen molar-refractivity contribution in [2.45, 2.75) is 38.8 Å². The van der Waals surface area contributed by atoms with E-state index in [1.54, 1.807) is 0 Å². The molecule has 4 heteroatoms. The molecule has 0 saturated carbocycles. The third-order valence-electron chi connectivity index (χ3n) is 3.20. The van der Waals surface area contributed by atoms with Gasteiger partial charge in [-0.1, -0.05) is 6.92 Å². The third-order valence-corrected chi connectivity index (χ3v) is 3.20. The summed E-state index contributed by atoms with van der Waals surface area (Å²) in [5, 5.41) is 0. The van der Waals surface area contributed by atoms with Crippen LogP contribution in [0.1, 0.15) is 26.7 Å². The van der Waals surface area contributed by atoms with Crippen LogP contribution in [0, 0.1) is 5.92 Å². The van der Waals surface area contributed by atoms with E-state index in [2.05, 4.69) is 11.8 Å². The minimum Gasteiger partial charge on any atom is -0.368 e. The lowest BCUT2D eigenvalue weighted by Gasteiger charge is -2.40. The molecular formula is C10H21N3O. The quantitative estimate of drug-likeness (QED) is 0.667. The smallest absolute Gasteiger partial charge is 0.234 e. The Labute approximate surface area is 85.6 Å². The van der Waals surface area contributed by atoms with Gasteiger partial charge in [0.25, 0.3) is 0 Å². The van der Waals surface area contributed by atoms with Gasteiger partial charge >= 0.3 is 0 Å². The second kappa shape index (κ2) is 4.75. The van der Waals surface area contributed by atoms with E-state index in [0.717, 1.165) is 19.4 Å². The first-order chi connectivity index (χ1) is 6.56. The van der Waals surface area contributed by atoms with Crippen LogP contribution in [0.15, 0.2) is 0 Å². The van der Waals surface area contributed by atoms with Crippen LogP contribution < -0.4 is 11.5 Å². The molecule has 4 N–H and O–H groups in total. The summed E-state index contributed by atoms with van der Waals surface area (Å²) in [6, 6.07) is 0.136. The van der Waals surface area contributed by atoms with E-state index >= 15 is 0 Å².